The molecule has 0 unspecified atom stereocenters. The number of methoxy groups -OCH3 is 1. The Bertz CT molecular complexity index is 827. The van der Waals surface area contributed by atoms with E-state index in [2.05, 4.69) is 5.32 Å². The molecule has 1 atom stereocenters. The SMILES string of the molecule is COc1cc(NC(=S)N(Cc2c(F)cccc2Cl)C[C@@H]2CCCO2)ccc1Cl. The topological polar surface area (TPSA) is 33.7 Å². The lowest BCUT2D eigenvalue weighted by molar-refractivity contribution is 0.0903. The second kappa shape index (κ2) is 9.74. The Morgan fingerprint density at radius 1 is 1.32 bits per heavy atom. The second-order valence-corrected chi connectivity index (χ2v) is 7.70. The summed E-state index contributed by atoms with van der Waals surface area (Å²) in [4.78, 5) is 1.87. The number of anilines is 1. The van der Waals surface area contributed by atoms with Crippen molar-refractivity contribution in [2.75, 3.05) is 25.6 Å². The zero-order chi connectivity index (χ0) is 20.1. The maximum atomic E-state index is 14.3. The van der Waals surface area contributed by atoms with Gasteiger partial charge in [-0.2, -0.15) is 0 Å². The van der Waals surface area contributed by atoms with E-state index in [1.54, 1.807) is 37.4 Å². The van der Waals surface area contributed by atoms with Gasteiger partial charge in [-0.15, -0.1) is 0 Å². The summed E-state index contributed by atoms with van der Waals surface area (Å²) < 4.78 is 25.3. The Morgan fingerprint density at radius 2 is 2.14 bits per heavy atom. The Morgan fingerprint density at radius 3 is 2.82 bits per heavy atom. The molecule has 3 rings (SSSR count). The number of nitrogens with zero attached hydrogens (tertiary/aromatic N) is 1. The van der Waals surface area contributed by atoms with Crippen LogP contribution in [0.2, 0.25) is 10.0 Å². The number of nitrogens with one attached hydrogen (secondary N) is 1. The smallest absolute Gasteiger partial charge is 0.173 e. The maximum Gasteiger partial charge on any atom is 0.173 e. The number of benzene rings is 2. The van der Waals surface area contributed by atoms with Gasteiger partial charge in [-0.05, 0) is 49.3 Å². The Hall–Kier alpha value is -1.60. The third-order valence-electron chi connectivity index (χ3n) is 4.55. The summed E-state index contributed by atoms with van der Waals surface area (Å²) in [5.41, 5.74) is 1.13. The first kappa shape index (κ1) is 21.1. The van der Waals surface area contributed by atoms with Crippen molar-refractivity contribution < 1.29 is 13.9 Å². The zero-order valence-electron chi connectivity index (χ0n) is 15.4. The van der Waals surface area contributed by atoms with Crippen LogP contribution in [0, 0.1) is 5.82 Å². The van der Waals surface area contributed by atoms with Gasteiger partial charge in [0.15, 0.2) is 5.11 Å². The van der Waals surface area contributed by atoms with E-state index in [0.717, 1.165) is 25.1 Å². The summed E-state index contributed by atoms with van der Waals surface area (Å²) in [7, 11) is 1.55. The average molecular weight is 443 g/mol. The average Bonchev–Trinajstić information content (AvgIpc) is 3.18. The van der Waals surface area contributed by atoms with E-state index in [4.69, 9.17) is 44.9 Å². The molecule has 1 aliphatic rings. The van der Waals surface area contributed by atoms with E-state index in [1.807, 2.05) is 4.90 Å². The first-order chi connectivity index (χ1) is 13.5. The van der Waals surface area contributed by atoms with Crippen LogP contribution in [-0.2, 0) is 11.3 Å². The lowest BCUT2D eigenvalue weighted by Gasteiger charge is -2.29. The quantitative estimate of drug-likeness (QED) is 0.595. The molecule has 4 nitrogen and oxygen atoms in total. The van der Waals surface area contributed by atoms with Gasteiger partial charge in [0.1, 0.15) is 11.6 Å². The maximum absolute atomic E-state index is 14.3. The minimum atomic E-state index is -0.360. The molecule has 0 aromatic heterocycles. The zero-order valence-corrected chi connectivity index (χ0v) is 17.7. The highest BCUT2D eigenvalue weighted by Gasteiger charge is 2.23. The number of rotatable bonds is 6. The van der Waals surface area contributed by atoms with Crippen molar-refractivity contribution in [2.45, 2.75) is 25.5 Å². The summed E-state index contributed by atoms with van der Waals surface area (Å²) in [6.45, 7) is 1.51. The normalized spacial score (nSPS) is 16.1. The lowest BCUT2D eigenvalue weighted by Crippen LogP contribution is -2.39. The molecule has 0 saturated carbocycles. The first-order valence-electron chi connectivity index (χ1n) is 8.92. The van der Waals surface area contributed by atoms with Gasteiger partial charge in [0, 0.05) is 42.0 Å². The van der Waals surface area contributed by atoms with Crippen LogP contribution in [0.1, 0.15) is 18.4 Å². The lowest BCUT2D eigenvalue weighted by atomic mass is 10.1. The molecule has 0 spiro atoms. The Kier molecular flexibility index (Phi) is 7.35. The van der Waals surface area contributed by atoms with Gasteiger partial charge in [0.25, 0.3) is 0 Å². The molecule has 0 radical (unpaired) electrons. The third kappa shape index (κ3) is 5.26. The monoisotopic (exact) mass is 442 g/mol. The fourth-order valence-corrected chi connectivity index (χ4v) is 3.74. The van der Waals surface area contributed by atoms with Crippen LogP contribution >= 0.6 is 35.4 Å². The van der Waals surface area contributed by atoms with Gasteiger partial charge in [0.05, 0.1) is 18.2 Å². The molecule has 1 fully saturated rings. The molecule has 150 valence electrons. The van der Waals surface area contributed by atoms with Crippen molar-refractivity contribution >= 4 is 46.2 Å². The standard InChI is InChI=1S/C20H21Cl2FN2O2S/c1-26-19-10-13(7-8-17(19)22)24-20(28)25(11-14-4-3-9-27-14)12-15-16(21)5-2-6-18(15)23/h2,5-8,10,14H,3-4,9,11-12H2,1H3,(H,24,28)/t14-/m0/s1. The van der Waals surface area contributed by atoms with E-state index in [1.165, 1.54) is 6.07 Å². The van der Waals surface area contributed by atoms with Crippen LogP contribution in [-0.4, -0.2) is 36.4 Å². The second-order valence-electron chi connectivity index (χ2n) is 6.50. The third-order valence-corrected chi connectivity index (χ3v) is 5.57. The summed E-state index contributed by atoms with van der Waals surface area (Å²) >= 11 is 17.9. The van der Waals surface area contributed by atoms with Gasteiger partial charge in [-0.3, -0.25) is 0 Å². The van der Waals surface area contributed by atoms with Gasteiger partial charge < -0.3 is 19.7 Å². The van der Waals surface area contributed by atoms with Crippen molar-refractivity contribution in [1.29, 1.82) is 0 Å². The van der Waals surface area contributed by atoms with Crippen molar-refractivity contribution in [1.82, 2.24) is 4.90 Å². The summed E-state index contributed by atoms with van der Waals surface area (Å²) in [6, 6.07) is 9.94. The molecular formula is C20H21Cl2FN2O2S. The van der Waals surface area contributed by atoms with Crippen LogP contribution in [0.4, 0.5) is 10.1 Å². The number of ether oxygens (including phenoxy) is 2. The Balaban J connectivity index is 1.80. The number of hydrogen-bond donors (Lipinski definition) is 1. The van der Waals surface area contributed by atoms with E-state index in [0.29, 0.717) is 33.0 Å². The largest absolute Gasteiger partial charge is 0.495 e. The predicted octanol–water partition coefficient (Wildman–Crippen LogP) is 5.52. The van der Waals surface area contributed by atoms with Gasteiger partial charge in [-0.1, -0.05) is 29.3 Å². The van der Waals surface area contributed by atoms with Gasteiger partial charge >= 0.3 is 0 Å². The minimum absolute atomic E-state index is 0.0463. The molecule has 0 amide bonds. The van der Waals surface area contributed by atoms with Crippen LogP contribution in [0.5, 0.6) is 5.75 Å². The highest BCUT2D eigenvalue weighted by atomic mass is 35.5. The molecule has 1 saturated heterocycles. The molecule has 8 heteroatoms. The molecule has 2 aromatic carbocycles. The van der Waals surface area contributed by atoms with Crippen LogP contribution in [0.3, 0.4) is 0 Å². The number of thiocarbonyl (C=S) groups is 1. The minimum Gasteiger partial charge on any atom is -0.495 e. The fourth-order valence-electron chi connectivity index (χ4n) is 3.07. The summed E-state index contributed by atoms with van der Waals surface area (Å²) in [6.07, 6.45) is 2.00. The van der Waals surface area contributed by atoms with E-state index >= 15 is 0 Å². The Labute approximate surface area is 179 Å². The molecule has 0 aliphatic carbocycles. The predicted molar refractivity (Wildman–Crippen MR) is 115 cm³/mol. The molecule has 0 bridgehead atoms. The van der Waals surface area contributed by atoms with Crippen LogP contribution in [0.25, 0.3) is 0 Å². The van der Waals surface area contributed by atoms with Crippen molar-refractivity contribution in [3.63, 3.8) is 0 Å². The van der Waals surface area contributed by atoms with Crippen molar-refractivity contribution in [3.05, 3.63) is 57.8 Å². The fraction of sp³-hybridized carbons (Fsp3) is 0.350. The molecule has 2 aromatic rings. The number of halogens is 3. The van der Waals surface area contributed by atoms with E-state index in [-0.39, 0.29) is 18.5 Å². The first-order valence-corrected chi connectivity index (χ1v) is 10.1. The molecule has 1 aliphatic heterocycles. The number of hydrogen-bond acceptors (Lipinski definition) is 3. The van der Waals surface area contributed by atoms with Crippen LogP contribution < -0.4 is 10.1 Å². The molecule has 28 heavy (non-hydrogen) atoms. The highest BCUT2D eigenvalue weighted by Crippen LogP contribution is 2.28. The summed E-state index contributed by atoms with van der Waals surface area (Å²) in [5.74, 6) is 0.179. The van der Waals surface area contributed by atoms with Crippen molar-refractivity contribution in [2.24, 2.45) is 0 Å². The van der Waals surface area contributed by atoms with Crippen LogP contribution in [0.15, 0.2) is 36.4 Å². The highest BCUT2D eigenvalue weighted by molar-refractivity contribution is 7.80. The van der Waals surface area contributed by atoms with E-state index < -0.39 is 0 Å². The van der Waals surface area contributed by atoms with E-state index in [9.17, 15) is 4.39 Å². The summed E-state index contributed by atoms with van der Waals surface area (Å²) in [5, 5.41) is 4.49. The molecular weight excluding hydrogens is 422 g/mol. The molecule has 1 heterocycles. The van der Waals surface area contributed by atoms with Gasteiger partial charge in [0.2, 0.25) is 0 Å². The van der Waals surface area contributed by atoms with Gasteiger partial charge in [-0.25, -0.2) is 4.39 Å². The van der Waals surface area contributed by atoms with Crippen molar-refractivity contribution in [3.8, 4) is 5.75 Å². The molecule has 1 N–H and O–H groups in total.